The molecule has 3 aromatic rings. The van der Waals surface area contributed by atoms with Crippen molar-refractivity contribution in [1.82, 2.24) is 51.1 Å². The van der Waals surface area contributed by atoms with E-state index >= 15 is 0 Å². The molecule has 0 saturated carbocycles. The maximum atomic E-state index is 4.31. The molecular weight excluding hydrogens is 454 g/mol. The Morgan fingerprint density at radius 3 is 1.61 bits per heavy atom. The fraction of sp³-hybridized carbons (Fsp3) is 0.720. The quantitative estimate of drug-likeness (QED) is 0.358. The molecule has 0 saturated heterocycles. The van der Waals surface area contributed by atoms with E-state index in [1.165, 1.54) is 6.33 Å². The van der Waals surface area contributed by atoms with Crippen LogP contribution in [0.1, 0.15) is 101 Å². The van der Waals surface area contributed by atoms with Crippen molar-refractivity contribution < 1.29 is 0 Å². The zero-order valence-electron chi connectivity index (χ0n) is 24.3. The van der Waals surface area contributed by atoms with E-state index in [4.69, 9.17) is 0 Å². The molecule has 4 rings (SSSR count). The largest absolute Gasteiger partial charge is 0.372 e. The molecular formula is C25H47N11. The van der Waals surface area contributed by atoms with E-state index in [0.717, 1.165) is 36.4 Å². The average molecular weight is 502 g/mol. The molecule has 0 aliphatic carbocycles. The summed E-state index contributed by atoms with van der Waals surface area (Å²) in [6, 6.07) is 0. The summed E-state index contributed by atoms with van der Waals surface area (Å²) < 4.78 is 0. The third kappa shape index (κ3) is 11.5. The number of aromatic amines is 3. The molecule has 1 aliphatic heterocycles. The lowest BCUT2D eigenvalue weighted by Crippen LogP contribution is -2.31. The van der Waals surface area contributed by atoms with Gasteiger partial charge in [0.15, 0.2) is 5.82 Å². The van der Waals surface area contributed by atoms with Gasteiger partial charge in [-0.25, -0.2) is 9.97 Å². The number of rotatable bonds is 0. The highest BCUT2D eigenvalue weighted by molar-refractivity contribution is 5.88. The van der Waals surface area contributed by atoms with Crippen molar-refractivity contribution >= 4 is 5.84 Å². The maximum absolute atomic E-state index is 4.31. The van der Waals surface area contributed by atoms with Crippen molar-refractivity contribution in [3.05, 3.63) is 36.2 Å². The summed E-state index contributed by atoms with van der Waals surface area (Å²) in [5, 5.41) is 23.4. The maximum Gasteiger partial charge on any atom is 0.179 e. The van der Waals surface area contributed by atoms with Crippen LogP contribution in [0.2, 0.25) is 0 Å². The van der Waals surface area contributed by atoms with Crippen LogP contribution in [0.15, 0.2) is 23.7 Å². The molecule has 0 bridgehead atoms. The number of tetrazole rings is 1. The van der Waals surface area contributed by atoms with Crippen molar-refractivity contribution in [3.8, 4) is 0 Å². The summed E-state index contributed by atoms with van der Waals surface area (Å²) in [6.07, 6.45) is 5.15. The van der Waals surface area contributed by atoms with E-state index in [2.05, 4.69) is 118 Å². The van der Waals surface area contributed by atoms with Crippen LogP contribution in [0, 0.1) is 5.41 Å². The molecule has 0 unspecified atom stereocenters. The second kappa shape index (κ2) is 12.7. The number of H-pyrrole nitrogens is 3. The molecule has 11 heteroatoms. The highest BCUT2D eigenvalue weighted by atomic mass is 15.5. The average Bonchev–Trinajstić information content (AvgIpc) is 3.57. The number of nitrogens with zero attached hydrogens (tertiary/aromatic N) is 7. The molecule has 4 N–H and O–H groups in total. The Labute approximate surface area is 216 Å². The smallest absolute Gasteiger partial charge is 0.179 e. The van der Waals surface area contributed by atoms with Crippen LogP contribution < -0.4 is 5.32 Å². The number of imidazole rings is 1. The minimum absolute atomic E-state index is 0.00694. The SMILES string of the molecule is CC(C)(C)C1=NCCN1.CC(C)(C)c1ncc[nH]1.CC(C)(C)c1ncn[nH]1.CC(C)(C)c1nn[nH]n1. The molecule has 0 spiro atoms. The van der Waals surface area contributed by atoms with Gasteiger partial charge in [0.25, 0.3) is 0 Å². The number of nitrogens with one attached hydrogen (secondary N) is 4. The fourth-order valence-corrected chi connectivity index (χ4v) is 2.62. The monoisotopic (exact) mass is 501 g/mol. The number of amidine groups is 1. The fourth-order valence-electron chi connectivity index (χ4n) is 2.62. The lowest BCUT2D eigenvalue weighted by molar-refractivity contribution is 0.546. The van der Waals surface area contributed by atoms with Gasteiger partial charge in [-0.3, -0.25) is 10.1 Å². The molecule has 11 nitrogen and oxygen atoms in total. The third-order valence-corrected chi connectivity index (χ3v) is 4.73. The molecule has 202 valence electrons. The van der Waals surface area contributed by atoms with Crippen LogP contribution in [-0.4, -0.2) is 64.7 Å². The first-order valence-electron chi connectivity index (χ1n) is 12.3. The van der Waals surface area contributed by atoms with Gasteiger partial charge < -0.3 is 10.3 Å². The minimum atomic E-state index is 0.00694. The van der Waals surface area contributed by atoms with E-state index in [1.807, 2.05) is 27.0 Å². The van der Waals surface area contributed by atoms with E-state index < -0.39 is 0 Å². The van der Waals surface area contributed by atoms with Crippen LogP contribution in [0.5, 0.6) is 0 Å². The van der Waals surface area contributed by atoms with E-state index in [-0.39, 0.29) is 21.7 Å². The molecule has 4 heterocycles. The highest BCUT2D eigenvalue weighted by Gasteiger charge is 2.20. The molecule has 36 heavy (non-hydrogen) atoms. The topological polar surface area (TPSA) is 149 Å². The van der Waals surface area contributed by atoms with Crippen LogP contribution in [0.3, 0.4) is 0 Å². The number of aliphatic imine (C=N–C) groups is 1. The zero-order valence-corrected chi connectivity index (χ0v) is 24.3. The van der Waals surface area contributed by atoms with Crippen LogP contribution in [0.4, 0.5) is 0 Å². The van der Waals surface area contributed by atoms with Gasteiger partial charge in [-0.05, 0) is 0 Å². The van der Waals surface area contributed by atoms with Gasteiger partial charge in [0.2, 0.25) is 0 Å². The van der Waals surface area contributed by atoms with E-state index in [9.17, 15) is 0 Å². The van der Waals surface area contributed by atoms with Crippen LogP contribution >= 0.6 is 0 Å². The predicted octanol–water partition coefficient (Wildman–Crippen LogP) is 4.34. The van der Waals surface area contributed by atoms with Gasteiger partial charge in [0.1, 0.15) is 23.8 Å². The Kier molecular flexibility index (Phi) is 10.9. The Morgan fingerprint density at radius 2 is 1.39 bits per heavy atom. The van der Waals surface area contributed by atoms with E-state index in [1.54, 1.807) is 6.20 Å². The molecule has 3 aromatic heterocycles. The molecule has 0 fully saturated rings. The number of hydrogen-bond acceptors (Lipinski definition) is 8. The van der Waals surface area contributed by atoms with Gasteiger partial charge in [0, 0.05) is 40.6 Å². The molecule has 0 aromatic carbocycles. The highest BCUT2D eigenvalue weighted by Crippen LogP contribution is 2.17. The molecule has 0 atom stereocenters. The Morgan fingerprint density at radius 1 is 0.750 bits per heavy atom. The number of aromatic nitrogens is 9. The molecule has 0 radical (unpaired) electrons. The Balaban J connectivity index is 0.000000240. The van der Waals surface area contributed by atoms with E-state index in [0.29, 0.717) is 0 Å². The predicted molar refractivity (Wildman–Crippen MR) is 145 cm³/mol. The van der Waals surface area contributed by atoms with Crippen LogP contribution in [-0.2, 0) is 16.2 Å². The lowest BCUT2D eigenvalue weighted by Gasteiger charge is -2.18. The zero-order chi connectivity index (χ0) is 27.6. The molecule has 0 amide bonds. The normalized spacial score (nSPS) is 13.7. The second-order valence-corrected chi connectivity index (χ2v) is 12.7. The van der Waals surface area contributed by atoms with Crippen molar-refractivity contribution in [2.75, 3.05) is 13.1 Å². The van der Waals surface area contributed by atoms with Crippen molar-refractivity contribution in [2.45, 2.75) is 99.3 Å². The van der Waals surface area contributed by atoms with Crippen molar-refractivity contribution in [3.63, 3.8) is 0 Å². The summed E-state index contributed by atoms with van der Waals surface area (Å²) in [7, 11) is 0. The Bertz CT molecular complexity index is 870. The van der Waals surface area contributed by atoms with Gasteiger partial charge >= 0.3 is 0 Å². The summed E-state index contributed by atoms with van der Waals surface area (Å²) in [4.78, 5) is 15.5. The van der Waals surface area contributed by atoms with Gasteiger partial charge in [-0.2, -0.15) is 10.3 Å². The van der Waals surface area contributed by atoms with Gasteiger partial charge in [-0.1, -0.05) is 88.3 Å². The molecule has 1 aliphatic rings. The lowest BCUT2D eigenvalue weighted by atomic mass is 9.95. The third-order valence-electron chi connectivity index (χ3n) is 4.73. The summed E-state index contributed by atoms with van der Waals surface area (Å²) in [5.74, 6) is 3.88. The van der Waals surface area contributed by atoms with Crippen molar-refractivity contribution in [1.29, 1.82) is 0 Å². The summed E-state index contributed by atoms with van der Waals surface area (Å²) in [5.41, 5.74) is 0.476. The first kappa shape index (κ1) is 30.9. The van der Waals surface area contributed by atoms with Crippen LogP contribution in [0.25, 0.3) is 0 Å². The summed E-state index contributed by atoms with van der Waals surface area (Å²) in [6.45, 7) is 27.3. The van der Waals surface area contributed by atoms with Gasteiger partial charge in [-0.15, -0.1) is 10.2 Å². The summed E-state index contributed by atoms with van der Waals surface area (Å²) >= 11 is 0. The first-order chi connectivity index (χ1) is 16.4. The first-order valence-corrected chi connectivity index (χ1v) is 12.3. The van der Waals surface area contributed by atoms with Crippen molar-refractivity contribution in [2.24, 2.45) is 10.4 Å². The number of hydrogen-bond donors (Lipinski definition) is 4. The standard InChI is InChI=1S/C7H14N2.C7H12N2.C6H11N3.C5H10N4/c2*1-7(2,3)6-8-4-5-9-6;1-6(2,3)5-7-4-8-9-5;1-5(2,3)4-6-8-9-7-4/h4-5H2,1-3H3,(H,8,9);4-5H,1-3H3,(H,8,9);4H,1-3H3,(H,7,8,9);1-3H3,(H,6,7,8,9). The second-order valence-electron chi connectivity index (χ2n) is 12.7. The Hall–Kier alpha value is -3.11. The van der Waals surface area contributed by atoms with Gasteiger partial charge in [0.05, 0.1) is 6.54 Å². The minimum Gasteiger partial charge on any atom is -0.372 e.